The third kappa shape index (κ3) is 2.76. The third-order valence-electron chi connectivity index (χ3n) is 4.32. The summed E-state index contributed by atoms with van der Waals surface area (Å²) in [6.07, 6.45) is 5.03. The molecule has 2 rings (SSSR count). The summed E-state index contributed by atoms with van der Waals surface area (Å²) < 4.78 is 5.48. The maximum absolute atomic E-state index is 5.48. The molecule has 0 spiro atoms. The summed E-state index contributed by atoms with van der Waals surface area (Å²) in [6, 6.07) is 0.754. The van der Waals surface area contributed by atoms with Gasteiger partial charge in [-0.15, -0.1) is 0 Å². The number of ether oxygens (including phenoxy) is 1. The second-order valence-corrected chi connectivity index (χ2v) is 5.43. The SMILES string of the molecule is CCNC1CCN(C2(C)CCOCC2)CC1. The van der Waals surface area contributed by atoms with Crippen LogP contribution in [0.15, 0.2) is 0 Å². The van der Waals surface area contributed by atoms with Gasteiger partial charge in [-0.25, -0.2) is 0 Å². The first-order valence-corrected chi connectivity index (χ1v) is 6.81. The molecule has 0 bridgehead atoms. The lowest BCUT2D eigenvalue weighted by atomic mass is 9.88. The van der Waals surface area contributed by atoms with Gasteiger partial charge in [-0.05, 0) is 39.2 Å². The van der Waals surface area contributed by atoms with Gasteiger partial charge < -0.3 is 10.1 Å². The average molecular weight is 226 g/mol. The molecule has 0 aromatic carbocycles. The molecule has 2 aliphatic rings. The Bertz CT molecular complexity index is 206. The molecule has 0 unspecified atom stereocenters. The van der Waals surface area contributed by atoms with E-state index in [4.69, 9.17) is 4.74 Å². The lowest BCUT2D eigenvalue weighted by Gasteiger charge is -2.47. The summed E-state index contributed by atoms with van der Waals surface area (Å²) in [6.45, 7) is 10.1. The van der Waals surface area contributed by atoms with Gasteiger partial charge in [0.05, 0.1) is 0 Å². The zero-order valence-corrected chi connectivity index (χ0v) is 10.8. The van der Waals surface area contributed by atoms with Crippen LogP contribution in [0.1, 0.15) is 39.5 Å². The van der Waals surface area contributed by atoms with E-state index < -0.39 is 0 Å². The molecular weight excluding hydrogens is 200 g/mol. The van der Waals surface area contributed by atoms with Crippen molar-refractivity contribution < 1.29 is 4.74 Å². The van der Waals surface area contributed by atoms with Gasteiger partial charge in [-0.1, -0.05) is 6.92 Å². The monoisotopic (exact) mass is 226 g/mol. The Kier molecular flexibility index (Phi) is 4.22. The van der Waals surface area contributed by atoms with E-state index in [9.17, 15) is 0 Å². The van der Waals surface area contributed by atoms with Gasteiger partial charge in [-0.3, -0.25) is 4.90 Å². The fraction of sp³-hybridized carbons (Fsp3) is 1.00. The molecule has 0 saturated carbocycles. The molecule has 0 aromatic rings. The zero-order chi connectivity index (χ0) is 11.4. The number of hydrogen-bond acceptors (Lipinski definition) is 3. The molecule has 0 aromatic heterocycles. The van der Waals surface area contributed by atoms with E-state index in [-0.39, 0.29) is 0 Å². The minimum atomic E-state index is 0.412. The lowest BCUT2D eigenvalue weighted by Crippen LogP contribution is -2.54. The Balaban J connectivity index is 1.83. The zero-order valence-electron chi connectivity index (χ0n) is 10.8. The molecule has 3 heteroatoms. The fourth-order valence-electron chi connectivity index (χ4n) is 3.04. The molecule has 94 valence electrons. The first kappa shape index (κ1) is 12.3. The van der Waals surface area contributed by atoms with Gasteiger partial charge in [0.1, 0.15) is 0 Å². The first-order chi connectivity index (χ1) is 7.74. The molecule has 0 radical (unpaired) electrons. The van der Waals surface area contributed by atoms with Crippen LogP contribution >= 0.6 is 0 Å². The molecule has 3 nitrogen and oxygen atoms in total. The molecule has 0 amide bonds. The van der Waals surface area contributed by atoms with E-state index in [2.05, 4.69) is 24.1 Å². The van der Waals surface area contributed by atoms with E-state index in [1.165, 1.54) is 38.8 Å². The quantitative estimate of drug-likeness (QED) is 0.791. The molecule has 2 fully saturated rings. The van der Waals surface area contributed by atoms with Crippen LogP contribution in [-0.2, 0) is 4.74 Å². The van der Waals surface area contributed by atoms with Gasteiger partial charge >= 0.3 is 0 Å². The minimum Gasteiger partial charge on any atom is -0.381 e. The Morgan fingerprint density at radius 3 is 2.44 bits per heavy atom. The van der Waals surface area contributed by atoms with E-state index in [0.29, 0.717) is 5.54 Å². The summed E-state index contributed by atoms with van der Waals surface area (Å²) in [7, 11) is 0. The van der Waals surface area contributed by atoms with Crippen molar-refractivity contribution in [3.05, 3.63) is 0 Å². The predicted molar refractivity (Wildman–Crippen MR) is 66.7 cm³/mol. The van der Waals surface area contributed by atoms with Crippen molar-refractivity contribution in [3.8, 4) is 0 Å². The van der Waals surface area contributed by atoms with Crippen molar-refractivity contribution in [2.75, 3.05) is 32.8 Å². The topological polar surface area (TPSA) is 24.5 Å². The first-order valence-electron chi connectivity index (χ1n) is 6.81. The van der Waals surface area contributed by atoms with Crippen molar-refractivity contribution in [1.29, 1.82) is 0 Å². The van der Waals surface area contributed by atoms with Crippen molar-refractivity contribution >= 4 is 0 Å². The number of rotatable bonds is 3. The van der Waals surface area contributed by atoms with Gasteiger partial charge in [0.25, 0.3) is 0 Å². The Labute approximate surface area is 99.5 Å². The second-order valence-electron chi connectivity index (χ2n) is 5.43. The number of hydrogen-bond donors (Lipinski definition) is 1. The standard InChI is InChI=1S/C13H26N2O/c1-3-14-12-4-8-15(9-5-12)13(2)6-10-16-11-7-13/h12,14H,3-11H2,1-2H3. The molecule has 1 N–H and O–H groups in total. The Hall–Kier alpha value is -0.120. The highest BCUT2D eigenvalue weighted by Crippen LogP contribution is 2.30. The summed E-state index contributed by atoms with van der Waals surface area (Å²) >= 11 is 0. The van der Waals surface area contributed by atoms with E-state index in [1.807, 2.05) is 0 Å². The van der Waals surface area contributed by atoms with Gasteiger partial charge in [0.2, 0.25) is 0 Å². The number of likely N-dealkylation sites (tertiary alicyclic amines) is 1. The minimum absolute atomic E-state index is 0.412. The summed E-state index contributed by atoms with van der Waals surface area (Å²) in [5.74, 6) is 0. The Morgan fingerprint density at radius 2 is 1.88 bits per heavy atom. The summed E-state index contributed by atoms with van der Waals surface area (Å²) in [4.78, 5) is 2.70. The highest BCUT2D eigenvalue weighted by Gasteiger charge is 2.35. The highest BCUT2D eigenvalue weighted by molar-refractivity contribution is 4.91. The number of nitrogens with one attached hydrogen (secondary N) is 1. The predicted octanol–water partition coefficient (Wildman–Crippen LogP) is 1.63. The van der Waals surface area contributed by atoms with E-state index in [0.717, 1.165) is 25.8 Å². The molecule has 0 aliphatic carbocycles. The van der Waals surface area contributed by atoms with Crippen LogP contribution in [0.3, 0.4) is 0 Å². The van der Waals surface area contributed by atoms with Crippen molar-refractivity contribution in [1.82, 2.24) is 10.2 Å². The largest absolute Gasteiger partial charge is 0.381 e. The van der Waals surface area contributed by atoms with Crippen LogP contribution in [0, 0.1) is 0 Å². The smallest absolute Gasteiger partial charge is 0.0483 e. The fourth-order valence-corrected chi connectivity index (χ4v) is 3.04. The maximum atomic E-state index is 5.48. The third-order valence-corrected chi connectivity index (χ3v) is 4.32. The van der Waals surface area contributed by atoms with Crippen molar-refractivity contribution in [2.24, 2.45) is 0 Å². The molecule has 0 atom stereocenters. The van der Waals surface area contributed by atoms with Gasteiger partial charge in [-0.2, -0.15) is 0 Å². The highest BCUT2D eigenvalue weighted by atomic mass is 16.5. The van der Waals surface area contributed by atoms with Crippen LogP contribution in [0.4, 0.5) is 0 Å². The van der Waals surface area contributed by atoms with Gasteiger partial charge in [0.15, 0.2) is 0 Å². The maximum Gasteiger partial charge on any atom is 0.0483 e. The number of nitrogens with zero attached hydrogens (tertiary/aromatic N) is 1. The molecule has 16 heavy (non-hydrogen) atoms. The van der Waals surface area contributed by atoms with E-state index in [1.54, 1.807) is 0 Å². The summed E-state index contributed by atoms with van der Waals surface area (Å²) in [5.41, 5.74) is 0.412. The van der Waals surface area contributed by atoms with Crippen LogP contribution in [-0.4, -0.2) is 49.3 Å². The normalized spacial score (nSPS) is 28.1. The van der Waals surface area contributed by atoms with Crippen LogP contribution in [0.2, 0.25) is 0 Å². The molecular formula is C13H26N2O. The summed E-state index contributed by atoms with van der Waals surface area (Å²) in [5, 5.41) is 3.57. The lowest BCUT2D eigenvalue weighted by molar-refractivity contribution is -0.0294. The molecule has 2 heterocycles. The van der Waals surface area contributed by atoms with Gasteiger partial charge in [0, 0.05) is 37.9 Å². The van der Waals surface area contributed by atoms with Crippen molar-refractivity contribution in [3.63, 3.8) is 0 Å². The van der Waals surface area contributed by atoms with Crippen molar-refractivity contribution in [2.45, 2.75) is 51.1 Å². The molecule has 2 aliphatic heterocycles. The van der Waals surface area contributed by atoms with Crippen LogP contribution < -0.4 is 5.32 Å². The van der Waals surface area contributed by atoms with Crippen LogP contribution in [0.5, 0.6) is 0 Å². The second kappa shape index (κ2) is 5.48. The average Bonchev–Trinajstić information content (AvgIpc) is 2.31. The molecule has 2 saturated heterocycles. The Morgan fingerprint density at radius 1 is 1.25 bits per heavy atom. The van der Waals surface area contributed by atoms with Crippen LogP contribution in [0.25, 0.3) is 0 Å². The number of piperidine rings is 1. The van der Waals surface area contributed by atoms with E-state index >= 15 is 0 Å².